The van der Waals surface area contributed by atoms with Crippen molar-refractivity contribution in [2.75, 3.05) is 0 Å². The smallest absolute Gasteiger partial charge is 0.153 e. The van der Waals surface area contributed by atoms with E-state index in [1.54, 1.807) is 10.7 Å². The Morgan fingerprint density at radius 2 is 2.31 bits per heavy atom. The maximum Gasteiger partial charge on any atom is 0.153 e. The first kappa shape index (κ1) is 9.14. The van der Waals surface area contributed by atoms with E-state index in [-0.39, 0.29) is 0 Å². The van der Waals surface area contributed by atoms with Gasteiger partial charge < -0.3 is 0 Å². The summed E-state index contributed by atoms with van der Waals surface area (Å²) in [5.74, 6) is 0. The molecule has 5 heteroatoms. The zero-order valence-corrected chi connectivity index (χ0v) is 10.1. The van der Waals surface area contributed by atoms with Gasteiger partial charge in [0.25, 0.3) is 0 Å². The monoisotopic (exact) mass is 350 g/mol. The molecule has 0 aromatic carbocycles. The molecular formula is C8H4BrIN2O. The second kappa shape index (κ2) is 3.38. The molecule has 0 amide bonds. The van der Waals surface area contributed by atoms with E-state index < -0.39 is 0 Å². The molecule has 0 unspecified atom stereocenters. The van der Waals surface area contributed by atoms with Gasteiger partial charge in [0.2, 0.25) is 0 Å². The predicted molar refractivity (Wildman–Crippen MR) is 61.0 cm³/mol. The fourth-order valence-electron chi connectivity index (χ4n) is 1.12. The molecule has 0 saturated heterocycles. The van der Waals surface area contributed by atoms with Gasteiger partial charge in [0.15, 0.2) is 6.29 Å². The van der Waals surface area contributed by atoms with Gasteiger partial charge in [-0.05, 0) is 34.7 Å². The predicted octanol–water partition coefficient (Wildman–Crippen LogP) is 2.51. The Morgan fingerprint density at radius 3 is 3.00 bits per heavy atom. The summed E-state index contributed by atoms with van der Waals surface area (Å²) in [5, 5.41) is 4.09. The second-order valence-electron chi connectivity index (χ2n) is 2.51. The Morgan fingerprint density at radius 1 is 1.54 bits per heavy atom. The molecule has 66 valence electrons. The molecule has 0 aliphatic carbocycles. The molecule has 2 heterocycles. The fourth-order valence-corrected chi connectivity index (χ4v) is 2.70. The molecule has 0 radical (unpaired) electrons. The molecule has 0 atom stereocenters. The van der Waals surface area contributed by atoms with Crippen molar-refractivity contribution in [2.24, 2.45) is 0 Å². The number of hydrogen-bond donors (Lipinski definition) is 0. The van der Waals surface area contributed by atoms with Crippen LogP contribution in [-0.4, -0.2) is 15.9 Å². The lowest BCUT2D eigenvalue weighted by Crippen LogP contribution is -1.92. The van der Waals surface area contributed by atoms with Gasteiger partial charge >= 0.3 is 0 Å². The fraction of sp³-hybridized carbons (Fsp3) is 0. The molecule has 0 bridgehead atoms. The van der Waals surface area contributed by atoms with Crippen LogP contribution in [0.3, 0.4) is 0 Å². The van der Waals surface area contributed by atoms with E-state index in [4.69, 9.17) is 0 Å². The van der Waals surface area contributed by atoms with Crippen LogP contribution in [0.2, 0.25) is 0 Å². The van der Waals surface area contributed by atoms with Crippen molar-refractivity contribution < 1.29 is 4.79 Å². The molecule has 0 spiro atoms. The Hall–Kier alpha value is -0.430. The summed E-state index contributed by atoms with van der Waals surface area (Å²) < 4.78 is 3.65. The Labute approximate surface area is 96.4 Å². The largest absolute Gasteiger partial charge is 0.298 e. The summed E-state index contributed by atoms with van der Waals surface area (Å²) in [5.41, 5.74) is 1.44. The lowest BCUT2D eigenvalue weighted by atomic mass is 10.3. The zero-order chi connectivity index (χ0) is 9.42. The first-order valence-corrected chi connectivity index (χ1v) is 5.37. The molecule has 2 rings (SSSR count). The van der Waals surface area contributed by atoms with E-state index in [0.717, 1.165) is 20.0 Å². The molecule has 0 fully saturated rings. The van der Waals surface area contributed by atoms with Gasteiger partial charge in [0, 0.05) is 4.47 Å². The molecule has 0 saturated carbocycles. The van der Waals surface area contributed by atoms with Crippen molar-refractivity contribution in [3.63, 3.8) is 0 Å². The number of pyridine rings is 1. The number of aromatic nitrogens is 2. The Kier molecular flexibility index (Phi) is 2.37. The standard InChI is InChI=1S/C8H4BrIN2O/c9-6-1-7-5(4-13)3-11-12(7)8(10)2-6/h1-4H. The van der Waals surface area contributed by atoms with E-state index >= 15 is 0 Å². The van der Waals surface area contributed by atoms with E-state index in [2.05, 4.69) is 43.6 Å². The lowest BCUT2D eigenvalue weighted by molar-refractivity contribution is 0.112. The van der Waals surface area contributed by atoms with Crippen LogP contribution in [0.25, 0.3) is 5.52 Å². The van der Waals surface area contributed by atoms with Gasteiger partial charge in [-0.25, -0.2) is 4.52 Å². The Balaban J connectivity index is 2.89. The number of nitrogens with zero attached hydrogens (tertiary/aromatic N) is 2. The lowest BCUT2D eigenvalue weighted by Gasteiger charge is -1.98. The summed E-state index contributed by atoms with van der Waals surface area (Å²) in [4.78, 5) is 10.6. The van der Waals surface area contributed by atoms with E-state index in [0.29, 0.717) is 5.56 Å². The van der Waals surface area contributed by atoms with Crippen molar-refractivity contribution in [1.82, 2.24) is 9.61 Å². The molecular weight excluding hydrogens is 347 g/mol. The number of carbonyl (C=O) groups is 1. The number of carbonyl (C=O) groups excluding carboxylic acids is 1. The number of aldehydes is 1. The average Bonchev–Trinajstić information content (AvgIpc) is 2.47. The summed E-state index contributed by atoms with van der Waals surface area (Å²) >= 11 is 5.54. The highest BCUT2D eigenvalue weighted by Crippen LogP contribution is 2.19. The van der Waals surface area contributed by atoms with Crippen LogP contribution in [0.5, 0.6) is 0 Å². The summed E-state index contributed by atoms with van der Waals surface area (Å²) in [6, 6.07) is 3.81. The van der Waals surface area contributed by atoms with E-state index in [1.807, 2.05) is 12.1 Å². The molecule has 0 N–H and O–H groups in total. The number of rotatable bonds is 1. The van der Waals surface area contributed by atoms with Crippen molar-refractivity contribution in [3.8, 4) is 0 Å². The van der Waals surface area contributed by atoms with Crippen LogP contribution in [0.15, 0.2) is 22.8 Å². The quantitative estimate of drug-likeness (QED) is 0.450. The van der Waals surface area contributed by atoms with Gasteiger partial charge in [0.05, 0.1) is 17.3 Å². The molecule has 3 nitrogen and oxygen atoms in total. The molecule has 2 aromatic rings. The molecule has 2 aromatic heterocycles. The van der Waals surface area contributed by atoms with Crippen LogP contribution >= 0.6 is 38.5 Å². The first-order valence-electron chi connectivity index (χ1n) is 3.50. The van der Waals surface area contributed by atoms with Gasteiger partial charge in [-0.1, -0.05) is 15.9 Å². The third kappa shape index (κ3) is 1.50. The maximum absolute atomic E-state index is 10.6. The van der Waals surface area contributed by atoms with Crippen molar-refractivity contribution in [2.45, 2.75) is 0 Å². The van der Waals surface area contributed by atoms with Gasteiger partial charge in [0.1, 0.15) is 3.70 Å². The minimum Gasteiger partial charge on any atom is -0.298 e. The number of hydrogen-bond acceptors (Lipinski definition) is 2. The van der Waals surface area contributed by atoms with Gasteiger partial charge in [-0.2, -0.15) is 5.10 Å². The highest BCUT2D eigenvalue weighted by molar-refractivity contribution is 14.1. The Bertz CT molecular complexity index is 480. The topological polar surface area (TPSA) is 34.4 Å². The third-order valence-electron chi connectivity index (χ3n) is 1.70. The van der Waals surface area contributed by atoms with Gasteiger partial charge in [-0.3, -0.25) is 4.79 Å². The van der Waals surface area contributed by atoms with Crippen molar-refractivity contribution in [3.05, 3.63) is 32.1 Å². The van der Waals surface area contributed by atoms with E-state index in [1.165, 1.54) is 0 Å². The minimum absolute atomic E-state index is 0.610. The first-order chi connectivity index (χ1) is 6.22. The second-order valence-corrected chi connectivity index (χ2v) is 4.53. The summed E-state index contributed by atoms with van der Waals surface area (Å²) in [6.07, 6.45) is 2.38. The number of halogens is 2. The van der Waals surface area contributed by atoms with Crippen LogP contribution in [0.1, 0.15) is 10.4 Å². The third-order valence-corrected chi connectivity index (χ3v) is 2.92. The highest BCUT2D eigenvalue weighted by Gasteiger charge is 2.05. The summed E-state index contributed by atoms with van der Waals surface area (Å²) in [7, 11) is 0. The maximum atomic E-state index is 10.6. The number of fused-ring (bicyclic) bond motifs is 1. The molecule has 13 heavy (non-hydrogen) atoms. The zero-order valence-electron chi connectivity index (χ0n) is 6.37. The average molecular weight is 351 g/mol. The van der Waals surface area contributed by atoms with E-state index in [9.17, 15) is 4.79 Å². The van der Waals surface area contributed by atoms with Crippen LogP contribution in [0.4, 0.5) is 0 Å². The minimum atomic E-state index is 0.610. The van der Waals surface area contributed by atoms with Gasteiger partial charge in [-0.15, -0.1) is 0 Å². The summed E-state index contributed by atoms with van der Waals surface area (Å²) in [6.45, 7) is 0. The van der Waals surface area contributed by atoms with Crippen LogP contribution in [0, 0.1) is 3.70 Å². The normalized spacial score (nSPS) is 10.6. The highest BCUT2D eigenvalue weighted by atomic mass is 127. The molecule has 0 aliphatic heterocycles. The SMILES string of the molecule is O=Cc1cnn2c(I)cc(Br)cc12. The van der Waals surface area contributed by atoms with Crippen LogP contribution in [-0.2, 0) is 0 Å². The molecule has 0 aliphatic rings. The van der Waals surface area contributed by atoms with Crippen molar-refractivity contribution in [1.29, 1.82) is 0 Å². The van der Waals surface area contributed by atoms with Crippen LogP contribution < -0.4 is 0 Å². The van der Waals surface area contributed by atoms with Crippen molar-refractivity contribution >= 4 is 50.3 Å².